The molecule has 0 spiro atoms. The summed E-state index contributed by atoms with van der Waals surface area (Å²) in [6.07, 6.45) is 2.27. The Hall–Kier alpha value is -3.30. The molecule has 38 heavy (non-hydrogen) atoms. The molecule has 0 aromatic heterocycles. The molecule has 1 aliphatic carbocycles. The van der Waals surface area contributed by atoms with Gasteiger partial charge in [-0.25, -0.2) is 9.38 Å². The van der Waals surface area contributed by atoms with E-state index in [1.54, 1.807) is 20.1 Å². The molecule has 2 aliphatic rings. The molecule has 3 atom stereocenters. The van der Waals surface area contributed by atoms with Crippen molar-refractivity contribution in [1.29, 1.82) is 0 Å². The van der Waals surface area contributed by atoms with Gasteiger partial charge in [-0.2, -0.15) is 0 Å². The predicted octanol–water partition coefficient (Wildman–Crippen LogP) is 3.79. The van der Waals surface area contributed by atoms with E-state index in [0.717, 1.165) is 17.2 Å². The van der Waals surface area contributed by atoms with Gasteiger partial charge in [0.05, 0.1) is 29.6 Å². The number of nitrogens with one attached hydrogen (secondary N) is 1. The first-order valence-corrected chi connectivity index (χ1v) is 13.1. The fourth-order valence-electron chi connectivity index (χ4n) is 5.68. The van der Waals surface area contributed by atoms with E-state index in [1.165, 1.54) is 11.0 Å². The summed E-state index contributed by atoms with van der Waals surface area (Å²) in [5, 5.41) is 13.9. The second-order valence-corrected chi connectivity index (χ2v) is 10.6. The quantitative estimate of drug-likeness (QED) is 0.462. The number of ether oxygens (including phenoxy) is 1. The topological polar surface area (TPSA) is 117 Å². The second kappa shape index (κ2) is 10.8. The molecule has 0 radical (unpaired) electrons. The molecular weight excluding hydrogens is 487 g/mol. The SMILES string of the molecule is CCC1(CC)CC(=O)N([C@H](CCOC)c2cc(F)cc(C(=O)N[C@H]3c4ccccc4CC3(C)O)c2)C(N)=N1. The smallest absolute Gasteiger partial charge is 0.251 e. The lowest BCUT2D eigenvalue weighted by molar-refractivity contribution is -0.131. The van der Waals surface area contributed by atoms with Gasteiger partial charge in [0.2, 0.25) is 5.91 Å². The van der Waals surface area contributed by atoms with Gasteiger partial charge < -0.3 is 20.9 Å². The van der Waals surface area contributed by atoms with E-state index in [1.807, 2.05) is 38.1 Å². The van der Waals surface area contributed by atoms with Gasteiger partial charge in [-0.15, -0.1) is 0 Å². The lowest BCUT2D eigenvalue weighted by Gasteiger charge is -2.40. The van der Waals surface area contributed by atoms with Crippen molar-refractivity contribution in [3.05, 3.63) is 70.5 Å². The summed E-state index contributed by atoms with van der Waals surface area (Å²) >= 11 is 0. The Morgan fingerprint density at radius 2 is 1.97 bits per heavy atom. The molecule has 0 bridgehead atoms. The van der Waals surface area contributed by atoms with E-state index in [-0.39, 0.29) is 30.5 Å². The number of fused-ring (bicyclic) bond motifs is 1. The van der Waals surface area contributed by atoms with Crippen LogP contribution in [0.4, 0.5) is 4.39 Å². The van der Waals surface area contributed by atoms with Crippen LogP contribution in [0.5, 0.6) is 0 Å². The van der Waals surface area contributed by atoms with E-state index >= 15 is 0 Å². The number of carbonyl (C=O) groups excluding carboxylic acids is 2. The van der Waals surface area contributed by atoms with Gasteiger partial charge in [-0.05, 0) is 61.1 Å². The molecular formula is C29H37FN4O4. The number of hydrogen-bond acceptors (Lipinski definition) is 6. The summed E-state index contributed by atoms with van der Waals surface area (Å²) in [5.41, 5.74) is 6.88. The van der Waals surface area contributed by atoms with Crippen LogP contribution in [0.3, 0.4) is 0 Å². The van der Waals surface area contributed by atoms with E-state index in [9.17, 15) is 19.1 Å². The van der Waals surface area contributed by atoms with E-state index in [4.69, 9.17) is 10.5 Å². The van der Waals surface area contributed by atoms with Crippen LogP contribution in [0.2, 0.25) is 0 Å². The predicted molar refractivity (Wildman–Crippen MR) is 143 cm³/mol. The zero-order valence-electron chi connectivity index (χ0n) is 22.5. The maximum absolute atomic E-state index is 14.9. The Kier molecular flexibility index (Phi) is 7.90. The monoisotopic (exact) mass is 524 g/mol. The van der Waals surface area contributed by atoms with Gasteiger partial charge in [-0.3, -0.25) is 14.5 Å². The Morgan fingerprint density at radius 3 is 2.63 bits per heavy atom. The third kappa shape index (κ3) is 5.31. The van der Waals surface area contributed by atoms with Crippen LogP contribution in [0, 0.1) is 5.82 Å². The summed E-state index contributed by atoms with van der Waals surface area (Å²) in [5.74, 6) is -1.26. The second-order valence-electron chi connectivity index (χ2n) is 10.6. The minimum Gasteiger partial charge on any atom is -0.387 e. The molecule has 204 valence electrons. The number of methoxy groups -OCH3 is 1. The molecule has 9 heteroatoms. The first-order chi connectivity index (χ1) is 18.0. The molecule has 1 heterocycles. The van der Waals surface area contributed by atoms with Crippen molar-refractivity contribution in [2.75, 3.05) is 13.7 Å². The highest BCUT2D eigenvalue weighted by molar-refractivity contribution is 6.00. The van der Waals surface area contributed by atoms with E-state index in [0.29, 0.717) is 31.2 Å². The van der Waals surface area contributed by atoms with Crippen molar-refractivity contribution in [2.24, 2.45) is 10.7 Å². The summed E-state index contributed by atoms with van der Waals surface area (Å²) in [4.78, 5) is 32.8. The number of guanidine groups is 1. The van der Waals surface area contributed by atoms with Gasteiger partial charge in [-0.1, -0.05) is 38.1 Å². The van der Waals surface area contributed by atoms with Gasteiger partial charge in [0, 0.05) is 25.7 Å². The standard InChI is InChI=1S/C29H37FN4O4/c1-5-29(6-2)17-24(35)34(27(31)33-29)23(11-12-38-4)19-13-20(15-21(30)14-19)26(36)32-25-22-10-8-7-9-18(22)16-28(25,3)37/h7-10,13-15,23,25,37H,5-6,11-12,16-17H2,1-4H3,(H2,31,33)(H,32,36)/t23-,25+,28?/m1/s1. The molecule has 1 aliphatic heterocycles. The normalized spacial score (nSPS) is 23.1. The Balaban J connectivity index is 1.67. The average molecular weight is 525 g/mol. The Labute approximate surface area is 223 Å². The molecule has 2 aromatic carbocycles. The van der Waals surface area contributed by atoms with E-state index < -0.39 is 34.9 Å². The van der Waals surface area contributed by atoms with Gasteiger partial charge in [0.15, 0.2) is 5.96 Å². The number of nitrogens with two attached hydrogens (primary N) is 1. The van der Waals surface area contributed by atoms with Crippen molar-refractivity contribution in [2.45, 2.75) is 76.1 Å². The molecule has 2 aromatic rings. The number of halogens is 1. The summed E-state index contributed by atoms with van der Waals surface area (Å²) in [7, 11) is 1.54. The number of aliphatic imine (C=N–C) groups is 1. The Morgan fingerprint density at radius 1 is 1.26 bits per heavy atom. The molecule has 0 saturated heterocycles. The number of hydrogen-bond donors (Lipinski definition) is 3. The lowest BCUT2D eigenvalue weighted by atomic mass is 9.87. The van der Waals surface area contributed by atoms with Crippen LogP contribution >= 0.6 is 0 Å². The van der Waals surface area contributed by atoms with Crippen LogP contribution < -0.4 is 11.1 Å². The number of benzene rings is 2. The van der Waals surface area contributed by atoms with Gasteiger partial charge >= 0.3 is 0 Å². The van der Waals surface area contributed by atoms with Crippen LogP contribution in [0.1, 0.15) is 85.6 Å². The fourth-order valence-corrected chi connectivity index (χ4v) is 5.68. The minimum atomic E-state index is -1.19. The van der Waals surface area contributed by atoms with Gasteiger partial charge in [0.1, 0.15) is 5.82 Å². The Bertz CT molecular complexity index is 1240. The molecule has 0 saturated carbocycles. The lowest BCUT2D eigenvalue weighted by Crippen LogP contribution is -2.52. The highest BCUT2D eigenvalue weighted by Crippen LogP contribution is 2.39. The fraction of sp³-hybridized carbons (Fsp3) is 0.483. The number of amides is 2. The first-order valence-electron chi connectivity index (χ1n) is 13.1. The zero-order valence-corrected chi connectivity index (χ0v) is 22.5. The summed E-state index contributed by atoms with van der Waals surface area (Å²) < 4.78 is 20.2. The van der Waals surface area contributed by atoms with Crippen LogP contribution in [0.25, 0.3) is 0 Å². The average Bonchev–Trinajstić information content (AvgIpc) is 3.14. The first kappa shape index (κ1) is 27.7. The molecule has 0 fully saturated rings. The van der Waals surface area contributed by atoms with Crippen molar-refractivity contribution >= 4 is 17.8 Å². The maximum Gasteiger partial charge on any atom is 0.251 e. The van der Waals surface area contributed by atoms with Gasteiger partial charge in [0.25, 0.3) is 5.91 Å². The summed E-state index contributed by atoms with van der Waals surface area (Å²) in [6.45, 7) is 5.91. The molecule has 1 unspecified atom stereocenters. The third-order valence-corrected chi connectivity index (χ3v) is 7.95. The molecule has 4 N–H and O–H groups in total. The van der Waals surface area contributed by atoms with Crippen molar-refractivity contribution in [3.63, 3.8) is 0 Å². The number of aliphatic hydroxyl groups is 1. The van der Waals surface area contributed by atoms with Crippen molar-refractivity contribution < 1.29 is 23.8 Å². The minimum absolute atomic E-state index is 0.0824. The zero-order chi connectivity index (χ0) is 27.7. The molecule has 8 nitrogen and oxygen atoms in total. The van der Waals surface area contributed by atoms with Crippen LogP contribution in [0.15, 0.2) is 47.5 Å². The third-order valence-electron chi connectivity index (χ3n) is 7.95. The number of carbonyl (C=O) groups is 2. The number of rotatable bonds is 9. The number of nitrogens with zero attached hydrogens (tertiary/aromatic N) is 2. The van der Waals surface area contributed by atoms with Crippen LogP contribution in [-0.2, 0) is 16.0 Å². The highest BCUT2D eigenvalue weighted by atomic mass is 19.1. The van der Waals surface area contributed by atoms with E-state index in [2.05, 4.69) is 10.3 Å². The largest absolute Gasteiger partial charge is 0.387 e. The maximum atomic E-state index is 14.9. The van der Waals surface area contributed by atoms with Crippen molar-refractivity contribution in [3.8, 4) is 0 Å². The molecule has 4 rings (SSSR count). The van der Waals surface area contributed by atoms with Crippen molar-refractivity contribution in [1.82, 2.24) is 10.2 Å². The van der Waals surface area contributed by atoms with Crippen LogP contribution in [-0.4, -0.2) is 52.6 Å². The highest BCUT2D eigenvalue weighted by Gasteiger charge is 2.43. The summed E-state index contributed by atoms with van der Waals surface area (Å²) in [6, 6.07) is 10.2. The molecule has 2 amide bonds.